The minimum absolute atomic E-state index is 0.0998. The molecule has 0 saturated carbocycles. The molecule has 0 aliphatic heterocycles. The van der Waals surface area contributed by atoms with Gasteiger partial charge in [0.15, 0.2) is 0 Å². The maximum atomic E-state index is 14.3. The SMILES string of the molecule is Cc1ccc(F)c(-c2cc(Nc3ccncc3C(=O)NCC(C)O)c[nH]c2=O)c1. The molecule has 0 bridgehead atoms. The van der Waals surface area contributed by atoms with Crippen molar-refractivity contribution in [2.45, 2.75) is 20.0 Å². The van der Waals surface area contributed by atoms with E-state index in [1.807, 2.05) is 6.92 Å². The van der Waals surface area contributed by atoms with Crippen LogP contribution in [0.25, 0.3) is 11.1 Å². The van der Waals surface area contributed by atoms with E-state index in [0.717, 1.165) is 5.56 Å². The van der Waals surface area contributed by atoms with Gasteiger partial charge in [0.25, 0.3) is 11.5 Å². The number of pyridine rings is 2. The van der Waals surface area contributed by atoms with E-state index in [2.05, 4.69) is 20.6 Å². The summed E-state index contributed by atoms with van der Waals surface area (Å²) in [5, 5.41) is 15.0. The lowest BCUT2D eigenvalue weighted by Gasteiger charge is -2.13. The number of aliphatic hydroxyl groups is 1. The minimum Gasteiger partial charge on any atom is -0.392 e. The summed E-state index contributed by atoms with van der Waals surface area (Å²) in [5.74, 6) is -0.906. The van der Waals surface area contributed by atoms with E-state index < -0.39 is 23.4 Å². The zero-order valence-corrected chi connectivity index (χ0v) is 16.0. The van der Waals surface area contributed by atoms with Crippen LogP contribution in [0.4, 0.5) is 15.8 Å². The molecule has 2 aromatic heterocycles. The van der Waals surface area contributed by atoms with Crippen molar-refractivity contribution in [1.29, 1.82) is 0 Å². The number of aliphatic hydroxyl groups excluding tert-OH is 1. The normalized spacial score (nSPS) is 11.7. The van der Waals surface area contributed by atoms with Crippen molar-refractivity contribution < 1.29 is 14.3 Å². The minimum atomic E-state index is -0.682. The summed E-state index contributed by atoms with van der Waals surface area (Å²) in [4.78, 5) is 31.2. The summed E-state index contributed by atoms with van der Waals surface area (Å²) < 4.78 is 14.3. The van der Waals surface area contributed by atoms with E-state index >= 15 is 0 Å². The third-order valence-corrected chi connectivity index (χ3v) is 4.22. The largest absolute Gasteiger partial charge is 0.392 e. The van der Waals surface area contributed by atoms with Gasteiger partial charge in [0.2, 0.25) is 0 Å². The van der Waals surface area contributed by atoms with Gasteiger partial charge in [0.1, 0.15) is 5.82 Å². The molecule has 29 heavy (non-hydrogen) atoms. The fourth-order valence-corrected chi connectivity index (χ4v) is 2.78. The summed E-state index contributed by atoms with van der Waals surface area (Å²) in [5.41, 5.74) is 1.95. The molecule has 150 valence electrons. The number of anilines is 2. The van der Waals surface area contributed by atoms with Gasteiger partial charge in [-0.15, -0.1) is 0 Å². The Hall–Kier alpha value is -3.52. The van der Waals surface area contributed by atoms with Gasteiger partial charge in [-0.2, -0.15) is 0 Å². The predicted octanol–water partition coefficient (Wildman–Crippen LogP) is 2.74. The van der Waals surface area contributed by atoms with Crippen LogP contribution in [0.5, 0.6) is 0 Å². The van der Waals surface area contributed by atoms with Crippen molar-refractivity contribution in [1.82, 2.24) is 15.3 Å². The molecule has 7 nitrogen and oxygen atoms in total. The number of hydrogen-bond acceptors (Lipinski definition) is 5. The third-order valence-electron chi connectivity index (χ3n) is 4.22. The molecule has 1 unspecified atom stereocenters. The van der Waals surface area contributed by atoms with E-state index in [4.69, 9.17) is 0 Å². The number of aryl methyl sites for hydroxylation is 1. The number of benzene rings is 1. The number of rotatable bonds is 6. The second-order valence-electron chi connectivity index (χ2n) is 6.72. The monoisotopic (exact) mass is 396 g/mol. The van der Waals surface area contributed by atoms with Crippen molar-refractivity contribution in [3.05, 3.63) is 76.2 Å². The zero-order valence-electron chi connectivity index (χ0n) is 16.0. The molecule has 1 atom stereocenters. The number of aromatic amines is 1. The quantitative estimate of drug-likeness (QED) is 0.513. The van der Waals surface area contributed by atoms with Gasteiger partial charge >= 0.3 is 0 Å². The molecule has 1 amide bonds. The zero-order chi connectivity index (χ0) is 21.0. The standard InChI is InChI=1S/C21H21FN4O3/c1-12-3-4-18(22)15(7-12)16-8-14(10-25-20(16)28)26-19-5-6-23-11-17(19)21(29)24-9-13(2)27/h3-8,10-11,13,27H,9H2,1-2H3,(H,23,26)(H,24,29)(H,25,28). The van der Waals surface area contributed by atoms with Crippen LogP contribution in [0.15, 0.2) is 53.7 Å². The van der Waals surface area contributed by atoms with E-state index in [-0.39, 0.29) is 23.2 Å². The Morgan fingerprint density at radius 1 is 1.28 bits per heavy atom. The molecule has 1 aromatic carbocycles. The topological polar surface area (TPSA) is 107 Å². The molecule has 4 N–H and O–H groups in total. The summed E-state index contributed by atoms with van der Waals surface area (Å²) in [7, 11) is 0. The highest BCUT2D eigenvalue weighted by Gasteiger charge is 2.14. The number of carbonyl (C=O) groups excluding carboxylic acids is 1. The van der Waals surface area contributed by atoms with Gasteiger partial charge in [0.05, 0.1) is 28.6 Å². The van der Waals surface area contributed by atoms with E-state index in [1.54, 1.807) is 25.1 Å². The number of nitrogens with zero attached hydrogens (tertiary/aromatic N) is 1. The average molecular weight is 396 g/mol. The van der Waals surface area contributed by atoms with Crippen molar-refractivity contribution in [3.8, 4) is 11.1 Å². The number of aromatic nitrogens is 2. The maximum Gasteiger partial charge on any atom is 0.256 e. The summed E-state index contributed by atoms with van der Waals surface area (Å²) in [6, 6.07) is 7.68. The van der Waals surface area contributed by atoms with Gasteiger partial charge in [-0.05, 0) is 38.1 Å². The number of nitrogens with one attached hydrogen (secondary N) is 3. The van der Waals surface area contributed by atoms with Crippen LogP contribution < -0.4 is 16.2 Å². The van der Waals surface area contributed by atoms with E-state index in [1.165, 1.54) is 30.7 Å². The van der Waals surface area contributed by atoms with E-state index in [9.17, 15) is 19.1 Å². The lowest BCUT2D eigenvalue weighted by molar-refractivity contribution is 0.0924. The van der Waals surface area contributed by atoms with Crippen LogP contribution in [0.1, 0.15) is 22.8 Å². The Morgan fingerprint density at radius 2 is 2.07 bits per heavy atom. The van der Waals surface area contributed by atoms with Crippen LogP contribution in [0.3, 0.4) is 0 Å². The maximum absolute atomic E-state index is 14.3. The molecule has 0 radical (unpaired) electrons. The second kappa shape index (κ2) is 8.66. The van der Waals surface area contributed by atoms with Crippen molar-refractivity contribution in [2.24, 2.45) is 0 Å². The van der Waals surface area contributed by atoms with Crippen LogP contribution in [0, 0.1) is 12.7 Å². The highest BCUT2D eigenvalue weighted by molar-refractivity contribution is 6.00. The van der Waals surface area contributed by atoms with Gasteiger partial charge in [-0.1, -0.05) is 11.6 Å². The first-order valence-electron chi connectivity index (χ1n) is 9.01. The van der Waals surface area contributed by atoms with E-state index in [0.29, 0.717) is 11.4 Å². The first-order chi connectivity index (χ1) is 13.8. The Kier molecular flexibility index (Phi) is 6.04. The Labute approximate surface area is 166 Å². The molecule has 0 aliphatic carbocycles. The van der Waals surface area contributed by atoms with Gasteiger partial charge in [-0.3, -0.25) is 14.6 Å². The highest BCUT2D eigenvalue weighted by atomic mass is 19.1. The number of H-pyrrole nitrogens is 1. The fourth-order valence-electron chi connectivity index (χ4n) is 2.78. The molecular formula is C21H21FN4O3. The molecule has 0 spiro atoms. The molecule has 0 saturated heterocycles. The highest BCUT2D eigenvalue weighted by Crippen LogP contribution is 2.25. The van der Waals surface area contributed by atoms with Crippen molar-refractivity contribution in [3.63, 3.8) is 0 Å². The average Bonchev–Trinajstić information content (AvgIpc) is 2.70. The molecular weight excluding hydrogens is 375 g/mol. The molecule has 2 heterocycles. The molecule has 8 heteroatoms. The predicted molar refractivity (Wildman–Crippen MR) is 109 cm³/mol. The molecule has 3 aromatic rings. The number of amides is 1. The Balaban J connectivity index is 1.93. The van der Waals surface area contributed by atoms with Crippen molar-refractivity contribution in [2.75, 3.05) is 11.9 Å². The van der Waals surface area contributed by atoms with Gasteiger partial charge in [0, 0.05) is 30.7 Å². The lowest BCUT2D eigenvalue weighted by Crippen LogP contribution is -2.31. The number of halogens is 1. The van der Waals surface area contributed by atoms with Gasteiger partial charge in [-0.25, -0.2) is 4.39 Å². The van der Waals surface area contributed by atoms with Crippen LogP contribution in [-0.2, 0) is 0 Å². The Bertz CT molecular complexity index is 1100. The smallest absolute Gasteiger partial charge is 0.256 e. The fraction of sp³-hybridized carbons (Fsp3) is 0.190. The van der Waals surface area contributed by atoms with Crippen molar-refractivity contribution >= 4 is 17.3 Å². The molecule has 3 rings (SSSR count). The van der Waals surface area contributed by atoms with Crippen LogP contribution >= 0.6 is 0 Å². The first kappa shape index (κ1) is 20.2. The van der Waals surface area contributed by atoms with Gasteiger partial charge < -0.3 is 20.7 Å². The second-order valence-corrected chi connectivity index (χ2v) is 6.72. The summed E-state index contributed by atoms with van der Waals surface area (Å²) in [6.07, 6.45) is 3.67. The summed E-state index contributed by atoms with van der Waals surface area (Å²) in [6.45, 7) is 3.48. The third kappa shape index (κ3) is 4.85. The number of hydrogen-bond donors (Lipinski definition) is 4. The molecule has 0 aliphatic rings. The summed E-state index contributed by atoms with van der Waals surface area (Å²) >= 11 is 0. The number of carbonyl (C=O) groups is 1. The van der Waals surface area contributed by atoms with Crippen LogP contribution in [0.2, 0.25) is 0 Å². The first-order valence-corrected chi connectivity index (χ1v) is 9.01. The lowest BCUT2D eigenvalue weighted by atomic mass is 10.0. The molecule has 0 fully saturated rings. The Morgan fingerprint density at radius 3 is 2.83 bits per heavy atom. The van der Waals surface area contributed by atoms with Crippen LogP contribution in [-0.4, -0.2) is 33.6 Å².